The van der Waals surface area contributed by atoms with E-state index in [-0.39, 0.29) is 18.3 Å². The van der Waals surface area contributed by atoms with Crippen LogP contribution in [0.2, 0.25) is 5.02 Å². The minimum atomic E-state index is -0.114. The number of amides is 1. The van der Waals surface area contributed by atoms with Gasteiger partial charge in [-0.15, -0.1) is 10.2 Å². The monoisotopic (exact) mass is 492 g/mol. The van der Waals surface area contributed by atoms with Crippen molar-refractivity contribution < 1.29 is 9.53 Å². The predicted octanol–water partition coefficient (Wildman–Crippen LogP) is 6.16. The number of anilines is 1. The number of carbonyl (C=O) groups excluding carboxylic acids is 1. The van der Waals surface area contributed by atoms with Gasteiger partial charge in [0.25, 0.3) is 0 Å². The number of aryl methyl sites for hydroxylation is 3. The summed E-state index contributed by atoms with van der Waals surface area (Å²) >= 11 is 7.40. The van der Waals surface area contributed by atoms with E-state index in [1.54, 1.807) is 0 Å². The number of carbonyl (C=O) groups is 1. The molecule has 174 valence electrons. The summed E-state index contributed by atoms with van der Waals surface area (Å²) in [6.45, 7) is 6.32. The van der Waals surface area contributed by atoms with Crippen LogP contribution in [-0.4, -0.2) is 26.4 Å². The summed E-state index contributed by atoms with van der Waals surface area (Å²) in [6, 6.07) is 21.1. The van der Waals surface area contributed by atoms with Crippen LogP contribution in [0.25, 0.3) is 5.69 Å². The average Bonchev–Trinajstić information content (AvgIpc) is 3.23. The van der Waals surface area contributed by atoms with Crippen LogP contribution in [0.15, 0.2) is 71.9 Å². The molecule has 0 fully saturated rings. The molecule has 0 saturated carbocycles. The summed E-state index contributed by atoms with van der Waals surface area (Å²) in [6.07, 6.45) is 0. The summed E-state index contributed by atoms with van der Waals surface area (Å²) in [5.74, 6) is 1.45. The van der Waals surface area contributed by atoms with E-state index in [1.165, 1.54) is 17.3 Å². The number of hydrogen-bond acceptors (Lipinski definition) is 5. The first-order valence-electron chi connectivity index (χ1n) is 10.8. The minimum absolute atomic E-state index is 0.114. The molecular weight excluding hydrogens is 468 g/mol. The van der Waals surface area contributed by atoms with Crippen LogP contribution in [0, 0.1) is 20.8 Å². The number of thioether (sulfide) groups is 1. The molecule has 0 aliphatic carbocycles. The van der Waals surface area contributed by atoms with Crippen molar-refractivity contribution in [1.29, 1.82) is 0 Å². The van der Waals surface area contributed by atoms with Crippen LogP contribution in [0.5, 0.6) is 5.75 Å². The Hall–Kier alpha value is -3.29. The van der Waals surface area contributed by atoms with Gasteiger partial charge < -0.3 is 10.1 Å². The zero-order valence-electron chi connectivity index (χ0n) is 19.2. The lowest BCUT2D eigenvalue weighted by atomic mass is 10.1. The highest BCUT2D eigenvalue weighted by molar-refractivity contribution is 7.99. The molecule has 4 aromatic rings. The largest absolute Gasteiger partial charge is 0.486 e. The fourth-order valence-electron chi connectivity index (χ4n) is 3.27. The fourth-order valence-corrected chi connectivity index (χ4v) is 4.16. The lowest BCUT2D eigenvalue weighted by Crippen LogP contribution is -2.15. The van der Waals surface area contributed by atoms with Gasteiger partial charge in [-0.1, -0.05) is 47.1 Å². The molecule has 0 saturated heterocycles. The van der Waals surface area contributed by atoms with Crippen LogP contribution < -0.4 is 10.1 Å². The standard InChI is InChI=1S/C26H25ClN4O2S/c1-17-4-12-23(13-5-17)33-15-24-29-30-26(31(24)22-10-7-20(27)8-11-22)34-16-25(32)28-21-9-6-18(2)19(3)14-21/h4-14H,15-16H2,1-3H3,(H,28,32). The van der Waals surface area contributed by atoms with Crippen LogP contribution in [0.4, 0.5) is 5.69 Å². The molecule has 0 bridgehead atoms. The Morgan fingerprint density at radius 2 is 1.71 bits per heavy atom. The number of benzene rings is 3. The molecule has 34 heavy (non-hydrogen) atoms. The van der Waals surface area contributed by atoms with Gasteiger partial charge in [0.2, 0.25) is 5.91 Å². The van der Waals surface area contributed by atoms with E-state index in [2.05, 4.69) is 15.5 Å². The van der Waals surface area contributed by atoms with Crippen molar-refractivity contribution in [2.75, 3.05) is 11.1 Å². The van der Waals surface area contributed by atoms with Gasteiger partial charge in [0.05, 0.1) is 5.75 Å². The highest BCUT2D eigenvalue weighted by atomic mass is 35.5. The molecule has 1 N–H and O–H groups in total. The first-order valence-corrected chi connectivity index (χ1v) is 12.1. The number of rotatable bonds is 8. The van der Waals surface area contributed by atoms with E-state index >= 15 is 0 Å². The maximum absolute atomic E-state index is 12.6. The van der Waals surface area contributed by atoms with Crippen molar-refractivity contribution in [2.45, 2.75) is 32.5 Å². The molecule has 4 rings (SSSR count). The van der Waals surface area contributed by atoms with E-state index in [4.69, 9.17) is 16.3 Å². The summed E-state index contributed by atoms with van der Waals surface area (Å²) in [7, 11) is 0. The number of hydrogen-bond donors (Lipinski definition) is 1. The third-order valence-corrected chi connectivity index (χ3v) is 6.48. The number of nitrogens with one attached hydrogen (secondary N) is 1. The molecular formula is C26H25ClN4O2S. The lowest BCUT2D eigenvalue weighted by Gasteiger charge is -2.12. The van der Waals surface area contributed by atoms with Gasteiger partial charge >= 0.3 is 0 Å². The Morgan fingerprint density at radius 3 is 2.41 bits per heavy atom. The Labute approximate surface area is 208 Å². The smallest absolute Gasteiger partial charge is 0.234 e. The molecule has 0 aliphatic heterocycles. The van der Waals surface area contributed by atoms with Gasteiger partial charge in [-0.05, 0) is 80.4 Å². The van der Waals surface area contributed by atoms with Gasteiger partial charge in [0.15, 0.2) is 11.0 Å². The Kier molecular flexibility index (Phi) is 7.55. The summed E-state index contributed by atoms with van der Waals surface area (Å²) in [4.78, 5) is 12.6. The SMILES string of the molecule is Cc1ccc(OCc2nnc(SCC(=O)Nc3ccc(C)c(C)c3)n2-c2ccc(Cl)cc2)cc1. The summed E-state index contributed by atoms with van der Waals surface area (Å²) < 4.78 is 7.82. The van der Waals surface area contributed by atoms with Crippen LogP contribution in [-0.2, 0) is 11.4 Å². The van der Waals surface area contributed by atoms with Crippen molar-refractivity contribution in [2.24, 2.45) is 0 Å². The lowest BCUT2D eigenvalue weighted by molar-refractivity contribution is -0.113. The van der Waals surface area contributed by atoms with Crippen LogP contribution in [0.3, 0.4) is 0 Å². The highest BCUT2D eigenvalue weighted by Gasteiger charge is 2.17. The number of aromatic nitrogens is 3. The van der Waals surface area contributed by atoms with E-state index in [0.29, 0.717) is 16.0 Å². The maximum atomic E-state index is 12.6. The van der Waals surface area contributed by atoms with Crippen molar-refractivity contribution >= 4 is 35.0 Å². The second-order valence-electron chi connectivity index (χ2n) is 7.95. The molecule has 0 aliphatic rings. The second-order valence-corrected chi connectivity index (χ2v) is 9.33. The molecule has 1 amide bonds. The normalized spacial score (nSPS) is 10.8. The van der Waals surface area contributed by atoms with Crippen molar-refractivity contribution in [1.82, 2.24) is 14.8 Å². The van der Waals surface area contributed by atoms with Gasteiger partial charge in [0.1, 0.15) is 12.4 Å². The molecule has 0 atom stereocenters. The second kappa shape index (κ2) is 10.8. The third-order valence-electron chi connectivity index (χ3n) is 5.30. The summed E-state index contributed by atoms with van der Waals surface area (Å²) in [5, 5.41) is 12.8. The number of ether oxygens (including phenoxy) is 1. The molecule has 6 nitrogen and oxygen atoms in total. The molecule has 1 heterocycles. The first-order chi connectivity index (χ1) is 16.4. The van der Waals surface area contributed by atoms with Gasteiger partial charge in [-0.25, -0.2) is 0 Å². The average molecular weight is 493 g/mol. The minimum Gasteiger partial charge on any atom is -0.486 e. The van der Waals surface area contributed by atoms with Crippen LogP contribution >= 0.6 is 23.4 Å². The van der Waals surface area contributed by atoms with E-state index < -0.39 is 0 Å². The molecule has 1 aromatic heterocycles. The fraction of sp³-hybridized carbons (Fsp3) is 0.192. The Bertz CT molecular complexity index is 1290. The Morgan fingerprint density at radius 1 is 0.971 bits per heavy atom. The molecule has 0 radical (unpaired) electrons. The number of halogens is 1. The number of nitrogens with zero attached hydrogens (tertiary/aromatic N) is 3. The van der Waals surface area contributed by atoms with Crippen molar-refractivity contribution in [3.8, 4) is 11.4 Å². The van der Waals surface area contributed by atoms with E-state index in [9.17, 15) is 4.79 Å². The van der Waals surface area contributed by atoms with Gasteiger partial charge in [0, 0.05) is 16.4 Å². The topological polar surface area (TPSA) is 69.0 Å². The van der Waals surface area contributed by atoms with E-state index in [0.717, 1.165) is 28.3 Å². The zero-order valence-corrected chi connectivity index (χ0v) is 20.8. The van der Waals surface area contributed by atoms with Gasteiger partial charge in [-0.2, -0.15) is 0 Å². The third kappa shape index (κ3) is 5.98. The van der Waals surface area contributed by atoms with Crippen LogP contribution in [0.1, 0.15) is 22.5 Å². The quantitative estimate of drug-likeness (QED) is 0.298. The zero-order chi connectivity index (χ0) is 24.1. The maximum Gasteiger partial charge on any atom is 0.234 e. The molecule has 3 aromatic carbocycles. The molecule has 0 unspecified atom stereocenters. The first kappa shape index (κ1) is 23.9. The highest BCUT2D eigenvalue weighted by Crippen LogP contribution is 2.25. The van der Waals surface area contributed by atoms with Crippen molar-refractivity contribution in [3.63, 3.8) is 0 Å². The predicted molar refractivity (Wildman–Crippen MR) is 137 cm³/mol. The van der Waals surface area contributed by atoms with Crippen molar-refractivity contribution in [3.05, 3.63) is 94.3 Å². The Balaban J connectivity index is 1.50. The molecule has 0 spiro atoms. The van der Waals surface area contributed by atoms with E-state index in [1.807, 2.05) is 92.1 Å². The summed E-state index contributed by atoms with van der Waals surface area (Å²) in [5.41, 5.74) is 5.10. The van der Waals surface area contributed by atoms with Gasteiger partial charge in [-0.3, -0.25) is 9.36 Å². The molecule has 8 heteroatoms.